The number of nitrogens with zero attached hydrogens (tertiary/aromatic N) is 1. The van der Waals surface area contributed by atoms with Crippen LogP contribution in [0.4, 0.5) is 10.1 Å². The molecule has 0 unspecified atom stereocenters. The number of benzene rings is 1. The first-order valence-electron chi connectivity index (χ1n) is 5.10. The van der Waals surface area contributed by atoms with E-state index in [0.717, 1.165) is 4.68 Å². The molecule has 1 heterocycles. The molecule has 0 aliphatic heterocycles. The smallest absolute Gasteiger partial charge is 0.294 e. The molecule has 1 aromatic carbocycles. The van der Waals surface area contributed by atoms with Gasteiger partial charge in [0.05, 0.1) is 10.7 Å². The molecule has 0 bridgehead atoms. The van der Waals surface area contributed by atoms with Crippen molar-refractivity contribution >= 4 is 17.3 Å². The molecule has 0 radical (unpaired) electrons. The molecule has 2 rings (SSSR count). The zero-order valence-corrected chi connectivity index (χ0v) is 9.88. The first-order chi connectivity index (χ1) is 8.06. The molecule has 90 valence electrons. The summed E-state index contributed by atoms with van der Waals surface area (Å²) in [5.74, 6) is -0.580. The van der Waals surface area contributed by atoms with Crippen molar-refractivity contribution in [3.05, 3.63) is 45.1 Å². The van der Waals surface area contributed by atoms with Gasteiger partial charge in [0.25, 0.3) is 5.56 Å². The van der Waals surface area contributed by atoms with Crippen molar-refractivity contribution in [1.29, 1.82) is 0 Å². The number of anilines is 1. The summed E-state index contributed by atoms with van der Waals surface area (Å²) in [5, 5.41) is 2.90. The molecule has 0 saturated carbocycles. The van der Waals surface area contributed by atoms with E-state index in [-0.39, 0.29) is 16.4 Å². The highest BCUT2D eigenvalue weighted by Crippen LogP contribution is 2.22. The van der Waals surface area contributed by atoms with Crippen LogP contribution in [0.1, 0.15) is 12.6 Å². The lowest BCUT2D eigenvalue weighted by molar-refractivity contribution is 0.607. The second-order valence-electron chi connectivity index (χ2n) is 3.57. The molecule has 0 aliphatic carbocycles. The third-order valence-electron chi connectivity index (χ3n) is 2.52. The highest BCUT2D eigenvalue weighted by Gasteiger charge is 2.16. The number of nitrogen functional groups attached to an aromatic ring is 1. The lowest BCUT2D eigenvalue weighted by Gasteiger charge is -2.05. The molecular formula is C11H11ClFN3O. The highest BCUT2D eigenvalue weighted by atomic mass is 35.5. The van der Waals surface area contributed by atoms with E-state index < -0.39 is 11.4 Å². The van der Waals surface area contributed by atoms with E-state index in [9.17, 15) is 9.18 Å². The average molecular weight is 256 g/mol. The van der Waals surface area contributed by atoms with Crippen LogP contribution in [0.3, 0.4) is 0 Å². The zero-order valence-electron chi connectivity index (χ0n) is 9.13. The van der Waals surface area contributed by atoms with E-state index in [0.29, 0.717) is 12.1 Å². The number of rotatable bonds is 2. The van der Waals surface area contributed by atoms with Crippen LogP contribution in [-0.2, 0) is 6.42 Å². The van der Waals surface area contributed by atoms with E-state index in [1.54, 1.807) is 0 Å². The van der Waals surface area contributed by atoms with Gasteiger partial charge in [-0.2, -0.15) is 0 Å². The summed E-state index contributed by atoms with van der Waals surface area (Å²) in [7, 11) is 0. The lowest BCUT2D eigenvalue weighted by atomic mass is 10.3. The number of H-pyrrole nitrogens is 1. The van der Waals surface area contributed by atoms with Crippen molar-refractivity contribution in [2.24, 2.45) is 0 Å². The summed E-state index contributed by atoms with van der Waals surface area (Å²) < 4.78 is 14.7. The van der Waals surface area contributed by atoms with Crippen LogP contribution >= 0.6 is 11.6 Å². The second-order valence-corrected chi connectivity index (χ2v) is 3.98. The van der Waals surface area contributed by atoms with Gasteiger partial charge in [-0.15, -0.1) is 0 Å². The van der Waals surface area contributed by atoms with Crippen LogP contribution in [0.15, 0.2) is 23.0 Å². The molecule has 6 heteroatoms. The van der Waals surface area contributed by atoms with Gasteiger partial charge in [0, 0.05) is 0 Å². The Balaban J connectivity index is 2.74. The zero-order chi connectivity index (χ0) is 12.6. The Morgan fingerprint density at radius 1 is 1.53 bits per heavy atom. The number of aryl methyl sites for hydroxylation is 1. The van der Waals surface area contributed by atoms with E-state index in [4.69, 9.17) is 17.3 Å². The predicted molar refractivity (Wildman–Crippen MR) is 65.1 cm³/mol. The van der Waals surface area contributed by atoms with E-state index in [1.807, 2.05) is 6.92 Å². The number of hydrogen-bond donors (Lipinski definition) is 2. The fourth-order valence-electron chi connectivity index (χ4n) is 1.63. The number of para-hydroxylation sites is 1. The van der Waals surface area contributed by atoms with Crippen molar-refractivity contribution in [1.82, 2.24) is 9.78 Å². The Kier molecular flexibility index (Phi) is 2.93. The van der Waals surface area contributed by atoms with Gasteiger partial charge in [0.1, 0.15) is 17.2 Å². The van der Waals surface area contributed by atoms with Crippen LogP contribution in [0.2, 0.25) is 5.02 Å². The van der Waals surface area contributed by atoms with Crippen LogP contribution in [0, 0.1) is 5.82 Å². The minimum Gasteiger partial charge on any atom is -0.393 e. The molecule has 0 amide bonds. The maximum absolute atomic E-state index is 13.7. The molecule has 17 heavy (non-hydrogen) atoms. The van der Waals surface area contributed by atoms with Gasteiger partial charge in [-0.05, 0) is 18.6 Å². The number of aromatic nitrogens is 2. The third-order valence-corrected chi connectivity index (χ3v) is 2.83. The maximum Gasteiger partial charge on any atom is 0.294 e. The van der Waals surface area contributed by atoms with E-state index >= 15 is 0 Å². The minimum absolute atomic E-state index is 0.00873. The first-order valence-corrected chi connectivity index (χ1v) is 5.47. The van der Waals surface area contributed by atoms with Crippen molar-refractivity contribution in [3.63, 3.8) is 0 Å². The fourth-order valence-corrected chi connectivity index (χ4v) is 1.87. The maximum atomic E-state index is 13.7. The summed E-state index contributed by atoms with van der Waals surface area (Å²) >= 11 is 5.88. The molecule has 0 aliphatic rings. The molecule has 1 aromatic heterocycles. The Labute approximate surface area is 102 Å². The summed E-state index contributed by atoms with van der Waals surface area (Å²) in [6.45, 7) is 1.84. The first kappa shape index (κ1) is 11.7. The van der Waals surface area contributed by atoms with Crippen molar-refractivity contribution in [2.45, 2.75) is 13.3 Å². The Bertz CT molecular complexity index is 597. The van der Waals surface area contributed by atoms with Gasteiger partial charge < -0.3 is 5.73 Å². The standard InChI is InChI=1S/C11H11ClFN3O/c1-2-8-9(14)11(17)16(15-8)10-6(12)4-3-5-7(10)13/h3-5,15H,2,14H2,1H3. The number of hydrogen-bond acceptors (Lipinski definition) is 2. The number of nitrogens with two attached hydrogens (primary N) is 1. The van der Waals surface area contributed by atoms with Crippen molar-refractivity contribution in [3.8, 4) is 5.69 Å². The molecular weight excluding hydrogens is 245 g/mol. The van der Waals surface area contributed by atoms with Crippen molar-refractivity contribution < 1.29 is 4.39 Å². The SMILES string of the molecule is CCc1[nH]n(-c2c(F)cccc2Cl)c(=O)c1N. The van der Waals surface area contributed by atoms with Crippen LogP contribution in [-0.4, -0.2) is 9.78 Å². The minimum atomic E-state index is -0.580. The molecule has 0 fully saturated rings. The summed E-state index contributed by atoms with van der Waals surface area (Å²) in [4.78, 5) is 11.8. The quantitative estimate of drug-likeness (QED) is 0.863. The normalized spacial score (nSPS) is 10.8. The summed E-state index contributed by atoms with van der Waals surface area (Å²) in [6, 6.07) is 4.21. The Hall–Kier alpha value is -1.75. The van der Waals surface area contributed by atoms with Gasteiger partial charge in [0.2, 0.25) is 0 Å². The predicted octanol–water partition coefficient (Wildman–Crippen LogP) is 2.10. The highest BCUT2D eigenvalue weighted by molar-refractivity contribution is 6.32. The molecule has 4 nitrogen and oxygen atoms in total. The molecule has 0 saturated heterocycles. The molecule has 0 atom stereocenters. The average Bonchev–Trinajstić information content (AvgIpc) is 2.57. The summed E-state index contributed by atoms with van der Waals surface area (Å²) in [5.41, 5.74) is 5.77. The van der Waals surface area contributed by atoms with Gasteiger partial charge >= 0.3 is 0 Å². The van der Waals surface area contributed by atoms with E-state index in [2.05, 4.69) is 5.10 Å². The molecule has 0 spiro atoms. The number of aromatic amines is 1. The lowest BCUT2D eigenvalue weighted by Crippen LogP contribution is -2.18. The number of nitrogens with one attached hydrogen (secondary N) is 1. The molecule has 2 aromatic rings. The topological polar surface area (TPSA) is 63.8 Å². The Morgan fingerprint density at radius 2 is 2.24 bits per heavy atom. The monoisotopic (exact) mass is 255 g/mol. The van der Waals surface area contributed by atoms with Gasteiger partial charge in [0.15, 0.2) is 0 Å². The van der Waals surface area contributed by atoms with Gasteiger partial charge in [-0.3, -0.25) is 9.89 Å². The van der Waals surface area contributed by atoms with Crippen LogP contribution in [0.5, 0.6) is 0 Å². The van der Waals surface area contributed by atoms with Gasteiger partial charge in [-0.1, -0.05) is 24.6 Å². The molecule has 3 N–H and O–H groups in total. The van der Waals surface area contributed by atoms with Crippen LogP contribution in [0.25, 0.3) is 5.69 Å². The van der Waals surface area contributed by atoms with E-state index in [1.165, 1.54) is 18.2 Å². The largest absolute Gasteiger partial charge is 0.393 e. The Morgan fingerprint density at radius 3 is 2.76 bits per heavy atom. The van der Waals surface area contributed by atoms with Gasteiger partial charge in [-0.25, -0.2) is 9.07 Å². The second kappa shape index (κ2) is 4.25. The third kappa shape index (κ3) is 1.82. The number of halogens is 2. The summed E-state index contributed by atoms with van der Waals surface area (Å²) in [6.07, 6.45) is 0.556. The van der Waals surface area contributed by atoms with Crippen LogP contribution < -0.4 is 11.3 Å². The van der Waals surface area contributed by atoms with Crippen molar-refractivity contribution in [2.75, 3.05) is 5.73 Å². The fraction of sp³-hybridized carbons (Fsp3) is 0.182.